The molecule has 7 atom stereocenters. The van der Waals surface area contributed by atoms with Crippen LogP contribution < -0.4 is 5.32 Å². The smallest absolute Gasteiger partial charge is 0.223 e. The van der Waals surface area contributed by atoms with E-state index in [-0.39, 0.29) is 11.8 Å². The number of carbonyl (C=O) groups excluding carboxylic acids is 1. The summed E-state index contributed by atoms with van der Waals surface area (Å²) in [7, 11) is 0. The van der Waals surface area contributed by atoms with Crippen molar-refractivity contribution < 1.29 is 4.79 Å². The van der Waals surface area contributed by atoms with Gasteiger partial charge in [0.2, 0.25) is 5.91 Å². The van der Waals surface area contributed by atoms with Crippen LogP contribution in [0.4, 0.5) is 0 Å². The molecule has 6 rings (SSSR count). The zero-order chi connectivity index (χ0) is 20.1. The van der Waals surface area contributed by atoms with E-state index in [0.29, 0.717) is 24.4 Å². The molecule has 5 nitrogen and oxygen atoms in total. The van der Waals surface area contributed by atoms with Crippen LogP contribution in [0.2, 0.25) is 0 Å². The molecule has 1 aliphatic heterocycles. The molecule has 4 aliphatic rings. The van der Waals surface area contributed by atoms with Crippen LogP contribution in [-0.2, 0) is 11.3 Å². The highest BCUT2D eigenvalue weighted by Gasteiger charge is 2.52. The Balaban J connectivity index is 1.14. The Bertz CT molecular complexity index is 951. The fourth-order valence-electron chi connectivity index (χ4n) is 7.37. The molecule has 30 heavy (non-hydrogen) atoms. The lowest BCUT2D eigenvalue weighted by Crippen LogP contribution is -2.45. The first-order valence-electron chi connectivity index (χ1n) is 11.7. The molecule has 1 unspecified atom stereocenters. The van der Waals surface area contributed by atoms with Gasteiger partial charge in [0.25, 0.3) is 0 Å². The number of carbonyl (C=O) groups is 1. The van der Waals surface area contributed by atoms with Gasteiger partial charge in [0.1, 0.15) is 5.82 Å². The number of rotatable bonds is 3. The Morgan fingerprint density at radius 2 is 1.80 bits per heavy atom. The molecular weight excluding hydrogens is 372 g/mol. The van der Waals surface area contributed by atoms with Gasteiger partial charge < -0.3 is 9.88 Å². The molecule has 0 aromatic carbocycles. The quantitative estimate of drug-likeness (QED) is 0.835. The fraction of sp³-hybridized carbons (Fsp3) is 0.560. The lowest BCUT2D eigenvalue weighted by Gasteiger charge is -2.51. The third-order valence-electron chi connectivity index (χ3n) is 8.58. The van der Waals surface area contributed by atoms with Gasteiger partial charge in [0.05, 0.1) is 12.2 Å². The molecule has 2 aromatic heterocycles. The summed E-state index contributed by atoms with van der Waals surface area (Å²) in [6, 6.07) is 6.45. The predicted octanol–water partition coefficient (Wildman–Crippen LogP) is 4.24. The number of hydrogen-bond acceptors (Lipinski definition) is 3. The van der Waals surface area contributed by atoms with Gasteiger partial charge in [-0.1, -0.05) is 12.1 Å². The molecule has 1 N–H and O–H groups in total. The summed E-state index contributed by atoms with van der Waals surface area (Å²) < 4.78 is 2.41. The molecule has 0 radical (unpaired) electrons. The number of aromatic nitrogens is 3. The zero-order valence-corrected chi connectivity index (χ0v) is 17.4. The summed E-state index contributed by atoms with van der Waals surface area (Å²) in [4.78, 5) is 21.8. The van der Waals surface area contributed by atoms with Gasteiger partial charge in [-0.15, -0.1) is 0 Å². The summed E-state index contributed by atoms with van der Waals surface area (Å²) >= 11 is 0. The Morgan fingerprint density at radius 1 is 0.967 bits per heavy atom. The zero-order valence-electron chi connectivity index (χ0n) is 17.4. The summed E-state index contributed by atoms with van der Waals surface area (Å²) in [6.07, 6.45) is 17.9. The van der Waals surface area contributed by atoms with Crippen molar-refractivity contribution in [3.8, 4) is 0 Å². The number of nitrogens with zero attached hydrogens (tertiary/aromatic N) is 3. The second-order valence-corrected chi connectivity index (χ2v) is 9.73. The minimum atomic E-state index is 0.194. The van der Waals surface area contributed by atoms with Crippen molar-refractivity contribution in [3.05, 3.63) is 54.4 Å². The number of fused-ring (bicyclic) bond motifs is 7. The second-order valence-electron chi connectivity index (χ2n) is 9.73. The van der Waals surface area contributed by atoms with Crippen LogP contribution in [0.25, 0.3) is 6.08 Å². The van der Waals surface area contributed by atoms with Gasteiger partial charge in [-0.25, -0.2) is 4.98 Å². The van der Waals surface area contributed by atoms with Gasteiger partial charge >= 0.3 is 0 Å². The molecule has 3 aliphatic carbocycles. The van der Waals surface area contributed by atoms with Crippen LogP contribution in [0.15, 0.2) is 42.9 Å². The van der Waals surface area contributed by atoms with E-state index in [2.05, 4.69) is 38.2 Å². The van der Waals surface area contributed by atoms with E-state index in [1.165, 1.54) is 32.1 Å². The lowest BCUT2D eigenvalue weighted by atomic mass is 9.56. The molecule has 5 heteroatoms. The van der Waals surface area contributed by atoms with Crippen molar-refractivity contribution >= 4 is 12.0 Å². The largest absolute Gasteiger partial charge is 0.350 e. The molecule has 0 bridgehead atoms. The van der Waals surface area contributed by atoms with Crippen molar-refractivity contribution in [2.75, 3.05) is 0 Å². The van der Waals surface area contributed by atoms with E-state index in [0.717, 1.165) is 35.7 Å². The summed E-state index contributed by atoms with van der Waals surface area (Å²) in [5, 5.41) is 3.18. The van der Waals surface area contributed by atoms with E-state index < -0.39 is 0 Å². The van der Waals surface area contributed by atoms with Gasteiger partial charge in [0, 0.05) is 36.5 Å². The number of hydrogen-bond donors (Lipinski definition) is 1. The molecular formula is C25H30N4O. The molecule has 3 fully saturated rings. The van der Waals surface area contributed by atoms with E-state index in [1.54, 1.807) is 6.20 Å². The topological polar surface area (TPSA) is 59.8 Å². The van der Waals surface area contributed by atoms with E-state index in [9.17, 15) is 4.79 Å². The average molecular weight is 403 g/mol. The number of allylic oxidation sites excluding steroid dienone is 1. The Kier molecular flexibility index (Phi) is 4.50. The van der Waals surface area contributed by atoms with Crippen molar-refractivity contribution in [1.29, 1.82) is 0 Å². The van der Waals surface area contributed by atoms with Crippen LogP contribution in [-0.4, -0.2) is 20.4 Å². The molecule has 3 heterocycles. The van der Waals surface area contributed by atoms with Gasteiger partial charge in [-0.3, -0.25) is 9.78 Å². The Morgan fingerprint density at radius 3 is 2.70 bits per heavy atom. The maximum atomic E-state index is 13.0. The van der Waals surface area contributed by atoms with Crippen molar-refractivity contribution in [2.24, 2.45) is 35.5 Å². The molecule has 2 aromatic rings. The van der Waals surface area contributed by atoms with Crippen molar-refractivity contribution in [1.82, 2.24) is 19.9 Å². The number of nitrogens with one attached hydrogen (secondary N) is 1. The van der Waals surface area contributed by atoms with Crippen LogP contribution in [0.3, 0.4) is 0 Å². The number of pyridine rings is 1. The van der Waals surface area contributed by atoms with Crippen LogP contribution in [0, 0.1) is 35.5 Å². The van der Waals surface area contributed by atoms with Crippen LogP contribution in [0.5, 0.6) is 0 Å². The molecule has 1 amide bonds. The molecule has 156 valence electrons. The summed E-state index contributed by atoms with van der Waals surface area (Å²) in [5.74, 6) is 5.06. The second kappa shape index (κ2) is 7.36. The first-order valence-corrected chi connectivity index (χ1v) is 11.7. The Labute approximate surface area is 178 Å². The van der Waals surface area contributed by atoms with Gasteiger partial charge in [-0.2, -0.15) is 0 Å². The van der Waals surface area contributed by atoms with E-state index in [1.807, 2.05) is 24.4 Å². The van der Waals surface area contributed by atoms with Crippen molar-refractivity contribution in [3.63, 3.8) is 0 Å². The maximum absolute atomic E-state index is 13.0. The third kappa shape index (κ3) is 2.93. The van der Waals surface area contributed by atoms with E-state index in [4.69, 9.17) is 0 Å². The summed E-state index contributed by atoms with van der Waals surface area (Å²) in [5.41, 5.74) is 0.936. The normalized spacial score (nSPS) is 36.3. The maximum Gasteiger partial charge on any atom is 0.223 e. The monoisotopic (exact) mass is 402 g/mol. The van der Waals surface area contributed by atoms with Crippen molar-refractivity contribution in [2.45, 2.75) is 51.1 Å². The standard InChI is InChI=1S/C25H30N4O/c30-25(28-15-16-3-1-2-12-26-16)22-7-6-17-18-8-10-23-21(19(18)4-5-20(17)22)9-11-24-27-13-14-29(23)24/h1-3,9,11-14,17-23H,4-8,10,15H2,(H,28,30)/t17-,18-,19-,20-,21+,22+,23?/m0/s1. The fourth-order valence-corrected chi connectivity index (χ4v) is 7.37. The van der Waals surface area contributed by atoms with Gasteiger partial charge in [0.15, 0.2) is 0 Å². The minimum absolute atomic E-state index is 0.194. The third-order valence-corrected chi connectivity index (χ3v) is 8.58. The summed E-state index contributed by atoms with van der Waals surface area (Å²) in [6.45, 7) is 0.543. The first-order chi connectivity index (χ1) is 14.8. The first kappa shape index (κ1) is 18.3. The lowest BCUT2D eigenvalue weighted by molar-refractivity contribution is -0.127. The molecule has 0 spiro atoms. The predicted molar refractivity (Wildman–Crippen MR) is 115 cm³/mol. The van der Waals surface area contributed by atoms with Gasteiger partial charge in [-0.05, 0) is 80.4 Å². The SMILES string of the molecule is O=C(NCc1ccccn1)[C@@H]1CC[C@H]2[C@@H]3CCC4[C@H](C=Cc5nccn54)[C@H]3CC[C@@H]21. The highest BCUT2D eigenvalue weighted by molar-refractivity contribution is 5.79. The highest BCUT2D eigenvalue weighted by atomic mass is 16.1. The number of amides is 1. The minimum Gasteiger partial charge on any atom is -0.350 e. The van der Waals surface area contributed by atoms with Crippen LogP contribution in [0.1, 0.15) is 56.1 Å². The average Bonchev–Trinajstić information content (AvgIpc) is 3.45. The highest BCUT2D eigenvalue weighted by Crippen LogP contribution is 2.58. The molecule has 0 saturated heterocycles. The van der Waals surface area contributed by atoms with E-state index >= 15 is 0 Å². The number of imidazole rings is 1. The Hall–Kier alpha value is -2.43. The molecule has 3 saturated carbocycles. The van der Waals surface area contributed by atoms with Crippen LogP contribution >= 0.6 is 0 Å².